The highest BCUT2D eigenvalue weighted by atomic mass is 79.9. The van der Waals surface area contributed by atoms with Gasteiger partial charge in [-0.05, 0) is 17.7 Å². The molecule has 0 heterocycles. The Morgan fingerprint density at radius 2 is 1.76 bits per heavy atom. The van der Waals surface area contributed by atoms with E-state index < -0.39 is 17.7 Å². The van der Waals surface area contributed by atoms with Crippen molar-refractivity contribution < 1.29 is 9.59 Å². The van der Waals surface area contributed by atoms with Crippen LogP contribution in [-0.4, -0.2) is 11.8 Å². The summed E-state index contributed by atoms with van der Waals surface area (Å²) >= 11 is 3.29. The maximum atomic E-state index is 11.6. The topological polar surface area (TPSA) is 110 Å². The van der Waals surface area contributed by atoms with Gasteiger partial charge in [0, 0.05) is 10.9 Å². The molecular formula is C10H13BrN4O2. The van der Waals surface area contributed by atoms with Crippen LogP contribution in [0.4, 0.5) is 0 Å². The molecule has 92 valence electrons. The van der Waals surface area contributed by atoms with Crippen molar-refractivity contribution in [3.05, 3.63) is 34.3 Å². The minimum absolute atomic E-state index is 0.0544. The van der Waals surface area contributed by atoms with E-state index in [1.807, 2.05) is 10.9 Å². The molecule has 2 amide bonds. The van der Waals surface area contributed by atoms with Crippen molar-refractivity contribution in [2.45, 2.75) is 12.3 Å². The van der Waals surface area contributed by atoms with E-state index in [1.54, 1.807) is 24.3 Å². The van der Waals surface area contributed by atoms with Gasteiger partial charge in [0.05, 0.1) is 5.92 Å². The quantitative estimate of drug-likeness (QED) is 0.354. The van der Waals surface area contributed by atoms with Gasteiger partial charge in [-0.1, -0.05) is 28.1 Å². The summed E-state index contributed by atoms with van der Waals surface area (Å²) in [4.78, 5) is 22.8. The van der Waals surface area contributed by atoms with Gasteiger partial charge in [-0.2, -0.15) is 0 Å². The van der Waals surface area contributed by atoms with Crippen molar-refractivity contribution in [2.75, 3.05) is 0 Å². The van der Waals surface area contributed by atoms with Gasteiger partial charge in [0.2, 0.25) is 11.8 Å². The van der Waals surface area contributed by atoms with Crippen molar-refractivity contribution in [2.24, 2.45) is 11.7 Å². The van der Waals surface area contributed by atoms with Crippen molar-refractivity contribution in [1.29, 1.82) is 0 Å². The number of amides is 2. The number of carbonyl (C=O) groups excluding carboxylic acids is 2. The molecule has 0 bridgehead atoms. The molecule has 0 unspecified atom stereocenters. The Kier molecular flexibility index (Phi) is 5.08. The molecule has 1 aromatic rings. The molecule has 1 aromatic carbocycles. The Morgan fingerprint density at radius 1 is 1.18 bits per heavy atom. The summed E-state index contributed by atoms with van der Waals surface area (Å²) in [5.41, 5.74) is 4.72. The van der Waals surface area contributed by atoms with E-state index in [0.717, 1.165) is 4.47 Å². The molecule has 0 saturated carbocycles. The van der Waals surface area contributed by atoms with Crippen LogP contribution in [0.25, 0.3) is 0 Å². The van der Waals surface area contributed by atoms with Crippen LogP contribution in [0.3, 0.4) is 0 Å². The van der Waals surface area contributed by atoms with Crippen LogP contribution < -0.4 is 22.5 Å². The summed E-state index contributed by atoms with van der Waals surface area (Å²) in [6, 6.07) is 7.06. The monoisotopic (exact) mass is 300 g/mol. The first kappa shape index (κ1) is 13.6. The number of nitrogens with two attached hydrogens (primary N) is 2. The predicted octanol–water partition coefficient (Wildman–Crippen LogP) is -0.0974. The lowest BCUT2D eigenvalue weighted by Crippen LogP contribution is -2.38. The molecule has 0 fully saturated rings. The first-order chi connectivity index (χ1) is 8.08. The summed E-state index contributed by atoms with van der Waals surface area (Å²) in [6.07, 6.45) is -0.0544. The summed E-state index contributed by atoms with van der Waals surface area (Å²) in [5, 5.41) is 0. The lowest BCUT2D eigenvalue weighted by molar-refractivity contribution is -0.127. The smallest absolute Gasteiger partial charge is 0.241 e. The first-order valence-corrected chi connectivity index (χ1v) is 5.63. The molecule has 6 N–H and O–H groups in total. The van der Waals surface area contributed by atoms with Gasteiger partial charge in [-0.3, -0.25) is 20.4 Å². The summed E-state index contributed by atoms with van der Waals surface area (Å²) in [7, 11) is 0. The maximum absolute atomic E-state index is 11.6. The van der Waals surface area contributed by atoms with Gasteiger partial charge in [0.25, 0.3) is 0 Å². The third-order valence-corrected chi connectivity index (χ3v) is 2.81. The van der Waals surface area contributed by atoms with Crippen molar-refractivity contribution in [1.82, 2.24) is 10.9 Å². The number of hydrogen-bond acceptors (Lipinski definition) is 4. The maximum Gasteiger partial charge on any atom is 0.241 e. The van der Waals surface area contributed by atoms with Crippen molar-refractivity contribution >= 4 is 27.7 Å². The summed E-state index contributed by atoms with van der Waals surface area (Å²) in [5.74, 6) is 8.56. The zero-order chi connectivity index (χ0) is 12.8. The van der Waals surface area contributed by atoms with Gasteiger partial charge in [0.1, 0.15) is 0 Å². The number of hydrazine groups is 2. The third-order valence-electron chi connectivity index (χ3n) is 2.28. The molecular weight excluding hydrogens is 288 g/mol. The number of hydrogen-bond donors (Lipinski definition) is 4. The number of carbonyl (C=O) groups is 2. The van der Waals surface area contributed by atoms with Crippen LogP contribution in [0.2, 0.25) is 0 Å². The SMILES string of the molecule is NNC(=O)C[C@@H](C(=O)NN)c1ccc(Br)cc1. The normalized spacial score (nSPS) is 11.7. The Balaban J connectivity index is 2.93. The molecule has 0 aliphatic rings. The highest BCUT2D eigenvalue weighted by Gasteiger charge is 2.22. The molecule has 0 saturated heterocycles. The van der Waals surface area contributed by atoms with Gasteiger partial charge in [-0.15, -0.1) is 0 Å². The lowest BCUT2D eigenvalue weighted by Gasteiger charge is -2.14. The molecule has 17 heavy (non-hydrogen) atoms. The molecule has 1 atom stereocenters. The second-order valence-electron chi connectivity index (χ2n) is 3.38. The van der Waals surface area contributed by atoms with Crippen LogP contribution in [-0.2, 0) is 9.59 Å². The molecule has 7 heteroatoms. The minimum Gasteiger partial charge on any atom is -0.294 e. The van der Waals surface area contributed by atoms with E-state index in [1.165, 1.54) is 0 Å². The van der Waals surface area contributed by atoms with E-state index in [9.17, 15) is 9.59 Å². The van der Waals surface area contributed by atoms with Crippen molar-refractivity contribution in [3.8, 4) is 0 Å². The van der Waals surface area contributed by atoms with Gasteiger partial charge in [-0.25, -0.2) is 11.7 Å². The lowest BCUT2D eigenvalue weighted by atomic mass is 9.95. The first-order valence-electron chi connectivity index (χ1n) is 4.84. The van der Waals surface area contributed by atoms with Crippen molar-refractivity contribution in [3.63, 3.8) is 0 Å². The van der Waals surface area contributed by atoms with Crippen LogP contribution in [0.5, 0.6) is 0 Å². The predicted molar refractivity (Wildman–Crippen MR) is 66.2 cm³/mol. The highest BCUT2D eigenvalue weighted by Crippen LogP contribution is 2.21. The summed E-state index contributed by atoms with van der Waals surface area (Å²) in [6.45, 7) is 0. The number of benzene rings is 1. The highest BCUT2D eigenvalue weighted by molar-refractivity contribution is 9.10. The largest absolute Gasteiger partial charge is 0.294 e. The Bertz CT molecular complexity index is 407. The third kappa shape index (κ3) is 3.81. The molecule has 0 aliphatic carbocycles. The average Bonchev–Trinajstić information content (AvgIpc) is 2.36. The van der Waals surface area contributed by atoms with Crippen LogP contribution >= 0.6 is 15.9 Å². The average molecular weight is 301 g/mol. The van der Waals surface area contributed by atoms with E-state index in [2.05, 4.69) is 15.9 Å². The Labute approximate surface area is 107 Å². The molecule has 0 spiro atoms. The fourth-order valence-corrected chi connectivity index (χ4v) is 1.67. The zero-order valence-electron chi connectivity index (χ0n) is 8.94. The van der Waals surface area contributed by atoms with E-state index in [0.29, 0.717) is 5.56 Å². The van der Waals surface area contributed by atoms with Gasteiger partial charge < -0.3 is 0 Å². The zero-order valence-corrected chi connectivity index (χ0v) is 10.5. The van der Waals surface area contributed by atoms with Crippen LogP contribution in [0.15, 0.2) is 28.7 Å². The van der Waals surface area contributed by atoms with E-state index >= 15 is 0 Å². The second kappa shape index (κ2) is 6.33. The fourth-order valence-electron chi connectivity index (χ4n) is 1.40. The second-order valence-corrected chi connectivity index (χ2v) is 4.30. The Hall–Kier alpha value is -1.44. The number of rotatable bonds is 4. The number of halogens is 1. The standard InChI is InChI=1S/C10H13BrN4O2/c11-7-3-1-6(2-4-7)8(10(17)15-13)5-9(16)14-12/h1-4,8H,5,12-13H2,(H,14,16)(H,15,17)/t8-/m1/s1. The van der Waals surface area contributed by atoms with E-state index in [4.69, 9.17) is 11.7 Å². The number of nitrogens with one attached hydrogen (secondary N) is 2. The van der Waals surface area contributed by atoms with Crippen LogP contribution in [0, 0.1) is 0 Å². The van der Waals surface area contributed by atoms with Crippen LogP contribution in [0.1, 0.15) is 17.9 Å². The molecule has 0 aliphatic heterocycles. The summed E-state index contributed by atoms with van der Waals surface area (Å²) < 4.78 is 0.886. The van der Waals surface area contributed by atoms with Gasteiger partial charge in [0.15, 0.2) is 0 Å². The molecule has 6 nitrogen and oxygen atoms in total. The molecule has 1 rings (SSSR count). The molecule has 0 aromatic heterocycles. The Morgan fingerprint density at radius 3 is 2.24 bits per heavy atom. The minimum atomic E-state index is -0.656. The fraction of sp³-hybridized carbons (Fsp3) is 0.200. The molecule has 0 radical (unpaired) electrons. The van der Waals surface area contributed by atoms with Gasteiger partial charge >= 0.3 is 0 Å². The van der Waals surface area contributed by atoms with E-state index in [-0.39, 0.29) is 6.42 Å².